The molecule has 0 fully saturated rings. The first kappa shape index (κ1) is 27.7. The fourth-order valence-electron chi connectivity index (χ4n) is 3.65. The normalized spacial score (nSPS) is 16.8. The van der Waals surface area contributed by atoms with Crippen molar-refractivity contribution in [3.05, 3.63) is 51.1 Å². The molecule has 0 heterocycles. The number of unbranched alkanes of at least 4 members (excludes halogenated alkanes) is 1. The Balaban J connectivity index is 0. The summed E-state index contributed by atoms with van der Waals surface area (Å²) in [6.45, 7) is 9.66. The van der Waals surface area contributed by atoms with Gasteiger partial charge in [-0.1, -0.05) is 0 Å². The minimum Gasteiger partial charge on any atom is -1.00 e. The summed E-state index contributed by atoms with van der Waals surface area (Å²) in [6.07, 6.45) is 7.64. The first-order chi connectivity index (χ1) is 10.5. The molecule has 0 saturated carbocycles. The van der Waals surface area contributed by atoms with Gasteiger partial charge in [-0.05, 0) is 0 Å². The Morgan fingerprint density at radius 3 is 2.20 bits per heavy atom. The fraction of sp³-hybridized carbons (Fsp3) is 0.500. The monoisotopic (exact) mass is 450 g/mol. The Labute approximate surface area is 186 Å². The molecular formula is C20H29Cl3SiTi. The molecule has 0 aliphatic heterocycles. The van der Waals surface area contributed by atoms with E-state index in [0.29, 0.717) is 5.92 Å². The summed E-state index contributed by atoms with van der Waals surface area (Å²) < 4.78 is 1.62. The van der Waals surface area contributed by atoms with Gasteiger partial charge >= 0.3 is 150 Å². The Kier molecular flexibility index (Phi) is 14.2. The van der Waals surface area contributed by atoms with Crippen LogP contribution in [0.25, 0.3) is 0 Å². The van der Waals surface area contributed by atoms with Crippen molar-refractivity contribution in [2.24, 2.45) is 5.92 Å². The number of hydrogen-bond donors (Lipinski definition) is 0. The number of benzene rings is 1. The molecule has 0 amide bonds. The van der Waals surface area contributed by atoms with Crippen LogP contribution in [0.2, 0.25) is 12.6 Å². The summed E-state index contributed by atoms with van der Waals surface area (Å²) in [5.41, 5.74) is 1.71. The zero-order valence-electron chi connectivity index (χ0n) is 15.7. The zero-order valence-corrected chi connectivity index (χ0v) is 20.5. The van der Waals surface area contributed by atoms with Gasteiger partial charge in [0.1, 0.15) is 0 Å². The van der Waals surface area contributed by atoms with Crippen LogP contribution in [0.3, 0.4) is 0 Å². The van der Waals surface area contributed by atoms with E-state index in [2.05, 4.69) is 84.2 Å². The van der Waals surface area contributed by atoms with Gasteiger partial charge in [0.2, 0.25) is 0 Å². The van der Waals surface area contributed by atoms with Gasteiger partial charge in [-0.3, -0.25) is 0 Å². The van der Waals surface area contributed by atoms with E-state index in [1.807, 2.05) is 0 Å². The average molecular weight is 452 g/mol. The van der Waals surface area contributed by atoms with E-state index >= 15 is 0 Å². The molecule has 0 bridgehead atoms. The Morgan fingerprint density at radius 1 is 1.08 bits per heavy atom. The van der Waals surface area contributed by atoms with Crippen molar-refractivity contribution in [1.82, 2.24) is 0 Å². The van der Waals surface area contributed by atoms with E-state index < -0.39 is 8.07 Å². The van der Waals surface area contributed by atoms with Gasteiger partial charge in [0.05, 0.1) is 0 Å². The molecule has 0 aromatic heterocycles. The van der Waals surface area contributed by atoms with Crippen LogP contribution in [0.15, 0.2) is 51.1 Å². The molecule has 1 aromatic rings. The SMILES string of the molecule is CCCC[Si](C)(C1=CC[C]([Ti+3])=C1C(C)CC)c1ccccc1.[Cl-].[Cl-].[Cl-]. The molecule has 1 aliphatic carbocycles. The molecule has 138 valence electrons. The van der Waals surface area contributed by atoms with Crippen molar-refractivity contribution >= 4 is 13.3 Å². The summed E-state index contributed by atoms with van der Waals surface area (Å²) in [5.74, 6) is 0.700. The number of rotatable bonds is 7. The molecule has 0 N–H and O–H groups in total. The minimum absolute atomic E-state index is 0. The Bertz CT molecular complexity index is 572. The molecule has 2 unspecified atom stereocenters. The smallest absolute Gasteiger partial charge is 1.00 e. The third-order valence-corrected chi connectivity index (χ3v) is 10.6. The van der Waals surface area contributed by atoms with E-state index in [1.54, 1.807) is 19.8 Å². The molecule has 1 aromatic carbocycles. The second-order valence-electron chi connectivity index (χ2n) is 6.83. The zero-order chi connectivity index (χ0) is 16.2. The van der Waals surface area contributed by atoms with E-state index in [0.717, 1.165) is 0 Å². The maximum Gasteiger partial charge on any atom is -1.00 e. The molecule has 25 heavy (non-hydrogen) atoms. The van der Waals surface area contributed by atoms with Crippen LogP contribution < -0.4 is 42.4 Å². The van der Waals surface area contributed by atoms with E-state index in [-0.39, 0.29) is 37.2 Å². The van der Waals surface area contributed by atoms with Crippen LogP contribution in [0, 0.1) is 5.92 Å². The van der Waals surface area contributed by atoms with Crippen LogP contribution in [0.1, 0.15) is 46.5 Å². The predicted octanol–water partition coefficient (Wildman–Crippen LogP) is -3.50. The largest absolute Gasteiger partial charge is 1.00 e. The van der Waals surface area contributed by atoms with Crippen LogP contribution >= 0.6 is 0 Å². The molecule has 2 atom stereocenters. The fourth-order valence-corrected chi connectivity index (χ4v) is 9.00. The van der Waals surface area contributed by atoms with Gasteiger partial charge in [0, 0.05) is 0 Å². The van der Waals surface area contributed by atoms with E-state index in [9.17, 15) is 0 Å². The van der Waals surface area contributed by atoms with Crippen LogP contribution in [0.4, 0.5) is 0 Å². The minimum atomic E-state index is -1.59. The molecule has 0 radical (unpaired) electrons. The van der Waals surface area contributed by atoms with Gasteiger partial charge in [0.25, 0.3) is 0 Å². The van der Waals surface area contributed by atoms with E-state index in [1.165, 1.54) is 31.7 Å². The van der Waals surface area contributed by atoms with Gasteiger partial charge in [-0.25, -0.2) is 0 Å². The first-order valence-corrected chi connectivity index (χ1v) is 12.2. The number of hydrogen-bond acceptors (Lipinski definition) is 0. The second-order valence-corrected chi connectivity index (χ2v) is 12.0. The second kappa shape index (κ2) is 12.8. The molecule has 0 saturated heterocycles. The van der Waals surface area contributed by atoms with Crippen LogP contribution in [-0.4, -0.2) is 8.07 Å². The van der Waals surface area contributed by atoms with Crippen molar-refractivity contribution in [3.63, 3.8) is 0 Å². The summed E-state index contributed by atoms with van der Waals surface area (Å²) in [4.78, 5) is 0. The van der Waals surface area contributed by atoms with Crippen molar-refractivity contribution in [3.8, 4) is 0 Å². The van der Waals surface area contributed by atoms with Crippen molar-refractivity contribution in [2.75, 3.05) is 0 Å². The third kappa shape index (κ3) is 6.26. The van der Waals surface area contributed by atoms with E-state index in [4.69, 9.17) is 0 Å². The van der Waals surface area contributed by atoms with Gasteiger partial charge < -0.3 is 37.2 Å². The van der Waals surface area contributed by atoms with Crippen molar-refractivity contribution < 1.29 is 57.7 Å². The standard InChI is InChI=1S/C20H29Si.3ClH.Ti/c1-5-7-16-21(4,18-12-9-8-10-13-18)20-15-11-14-19(20)17(3)6-2;;;;/h8-10,12-13,15,17H,5-7,11,16H2,1-4H3;3*1H;/q;;;;+3/p-3. The number of allylic oxidation sites excluding steroid dienone is 4. The van der Waals surface area contributed by atoms with Crippen molar-refractivity contribution in [2.45, 2.75) is 59.0 Å². The molecule has 0 nitrogen and oxygen atoms in total. The summed E-state index contributed by atoms with van der Waals surface area (Å²) in [5, 5.41) is 3.37. The van der Waals surface area contributed by atoms with Crippen LogP contribution in [-0.2, 0) is 20.4 Å². The maximum absolute atomic E-state index is 2.60. The van der Waals surface area contributed by atoms with Crippen LogP contribution in [0.5, 0.6) is 0 Å². The third-order valence-electron chi connectivity index (χ3n) is 5.27. The maximum atomic E-state index is 2.60. The average Bonchev–Trinajstić information content (AvgIpc) is 2.95. The topological polar surface area (TPSA) is 0 Å². The summed E-state index contributed by atoms with van der Waals surface area (Å²) in [6, 6.07) is 12.7. The molecule has 0 spiro atoms. The molecule has 1 aliphatic rings. The summed E-state index contributed by atoms with van der Waals surface area (Å²) >= 11 is 2.35. The Hall–Kier alpha value is 0.501. The van der Waals surface area contributed by atoms with Crippen molar-refractivity contribution in [1.29, 1.82) is 0 Å². The number of halogens is 3. The molecule has 2 rings (SSSR count). The quantitative estimate of drug-likeness (QED) is 0.378. The molecule has 5 heteroatoms. The predicted molar refractivity (Wildman–Crippen MR) is 96.6 cm³/mol. The first-order valence-electron chi connectivity index (χ1n) is 8.75. The molecular weight excluding hydrogens is 423 g/mol. The van der Waals surface area contributed by atoms with Gasteiger partial charge in [-0.2, -0.15) is 0 Å². The summed E-state index contributed by atoms with van der Waals surface area (Å²) in [7, 11) is -1.59. The Morgan fingerprint density at radius 2 is 1.68 bits per heavy atom. The van der Waals surface area contributed by atoms with Gasteiger partial charge in [0.15, 0.2) is 0 Å². The van der Waals surface area contributed by atoms with Gasteiger partial charge in [-0.15, -0.1) is 0 Å².